The number of carbonyl (C=O) groups excluding carboxylic acids is 2. The second kappa shape index (κ2) is 8.41. The van der Waals surface area contributed by atoms with Crippen molar-refractivity contribution in [1.82, 2.24) is 9.88 Å². The Kier molecular flexibility index (Phi) is 5.32. The van der Waals surface area contributed by atoms with Crippen LogP contribution in [-0.2, 0) is 4.79 Å². The van der Waals surface area contributed by atoms with Gasteiger partial charge >= 0.3 is 0 Å². The van der Waals surface area contributed by atoms with Crippen molar-refractivity contribution in [3.63, 3.8) is 0 Å². The number of ether oxygens (including phenoxy) is 2. The maximum Gasteiger partial charge on any atom is 0.223 e. The van der Waals surface area contributed by atoms with Gasteiger partial charge in [0.25, 0.3) is 0 Å². The number of oxazole rings is 1. The molecule has 0 N–H and O–H groups in total. The van der Waals surface area contributed by atoms with E-state index in [1.165, 1.54) is 0 Å². The molecule has 7 heteroatoms. The van der Waals surface area contributed by atoms with Gasteiger partial charge in [0, 0.05) is 37.4 Å². The smallest absolute Gasteiger partial charge is 0.223 e. The van der Waals surface area contributed by atoms with E-state index in [4.69, 9.17) is 13.9 Å². The Morgan fingerprint density at radius 2 is 1.74 bits per heavy atom. The topological polar surface area (TPSA) is 81.9 Å². The maximum absolute atomic E-state index is 12.6. The summed E-state index contributed by atoms with van der Waals surface area (Å²) in [6, 6.07) is 12.9. The minimum Gasteiger partial charge on any atom is -0.486 e. The van der Waals surface area contributed by atoms with Crippen molar-refractivity contribution in [1.29, 1.82) is 0 Å². The molecule has 3 heterocycles. The van der Waals surface area contributed by atoms with Gasteiger partial charge in [-0.3, -0.25) is 9.59 Å². The lowest BCUT2D eigenvalue weighted by molar-refractivity contribution is -0.132. The first-order valence-corrected chi connectivity index (χ1v) is 10.7. The number of hydrogen-bond donors (Lipinski definition) is 0. The maximum atomic E-state index is 12.6. The summed E-state index contributed by atoms with van der Waals surface area (Å²) >= 11 is 0. The summed E-state index contributed by atoms with van der Waals surface area (Å²) in [6.45, 7) is 2.29. The summed E-state index contributed by atoms with van der Waals surface area (Å²) < 4.78 is 16.9. The third kappa shape index (κ3) is 4.13. The van der Waals surface area contributed by atoms with Crippen LogP contribution < -0.4 is 9.47 Å². The Hall–Kier alpha value is -3.35. The molecule has 31 heavy (non-hydrogen) atoms. The molecule has 0 spiro atoms. The van der Waals surface area contributed by atoms with Crippen molar-refractivity contribution in [2.45, 2.75) is 31.6 Å². The molecule has 160 valence electrons. The summed E-state index contributed by atoms with van der Waals surface area (Å²) in [4.78, 5) is 31.6. The number of carbonyl (C=O) groups is 2. The average molecular weight is 420 g/mol. The van der Waals surface area contributed by atoms with Crippen LogP contribution in [0, 0.1) is 0 Å². The van der Waals surface area contributed by atoms with Crippen molar-refractivity contribution in [3.05, 3.63) is 53.9 Å². The molecular weight excluding hydrogens is 396 g/mol. The highest BCUT2D eigenvalue weighted by Gasteiger charge is 2.27. The van der Waals surface area contributed by atoms with Gasteiger partial charge < -0.3 is 18.8 Å². The fourth-order valence-corrected chi connectivity index (χ4v) is 4.18. The molecule has 0 aliphatic carbocycles. The summed E-state index contributed by atoms with van der Waals surface area (Å²) in [5.74, 6) is 2.16. The van der Waals surface area contributed by atoms with Crippen molar-refractivity contribution in [2.24, 2.45) is 0 Å². The van der Waals surface area contributed by atoms with Gasteiger partial charge in [-0.05, 0) is 43.2 Å². The Labute approximate surface area is 179 Å². The number of rotatable bonds is 5. The Morgan fingerprint density at radius 3 is 2.55 bits per heavy atom. The van der Waals surface area contributed by atoms with Gasteiger partial charge in [0.15, 0.2) is 28.8 Å². The second-order valence-corrected chi connectivity index (χ2v) is 7.96. The van der Waals surface area contributed by atoms with E-state index in [-0.39, 0.29) is 30.4 Å². The standard InChI is InChI=1S/C24H24N2O5/c27-19(17-5-7-21-22(15-17)30-14-13-29-21)6-8-23(28)26-11-9-16(10-12-26)24-25-18-3-1-2-4-20(18)31-24/h1-5,7,15-16H,6,8-14H2. The van der Waals surface area contributed by atoms with E-state index < -0.39 is 0 Å². The van der Waals surface area contributed by atoms with Crippen molar-refractivity contribution in [2.75, 3.05) is 26.3 Å². The fourth-order valence-electron chi connectivity index (χ4n) is 4.18. The van der Waals surface area contributed by atoms with Crippen LogP contribution in [0.5, 0.6) is 11.5 Å². The minimum absolute atomic E-state index is 0.0157. The molecule has 0 saturated carbocycles. The van der Waals surface area contributed by atoms with Gasteiger partial charge in [0.1, 0.15) is 18.7 Å². The van der Waals surface area contributed by atoms with Crippen molar-refractivity contribution < 1.29 is 23.5 Å². The third-order valence-electron chi connectivity index (χ3n) is 5.94. The predicted molar refractivity (Wildman–Crippen MR) is 114 cm³/mol. The second-order valence-electron chi connectivity index (χ2n) is 7.96. The van der Waals surface area contributed by atoms with Gasteiger partial charge in [-0.25, -0.2) is 4.98 Å². The van der Waals surface area contributed by atoms with Crippen LogP contribution in [-0.4, -0.2) is 47.9 Å². The minimum atomic E-state index is -0.0633. The molecule has 3 aromatic rings. The SMILES string of the molecule is O=C(CCC(=O)N1CCC(c2nc3ccccc3o2)CC1)c1ccc2c(c1)OCCO2. The third-order valence-corrected chi connectivity index (χ3v) is 5.94. The number of para-hydroxylation sites is 2. The Balaban J connectivity index is 1.13. The molecule has 1 aromatic heterocycles. The number of hydrogen-bond acceptors (Lipinski definition) is 6. The summed E-state index contributed by atoms with van der Waals surface area (Å²) in [7, 11) is 0. The number of ketones is 1. The molecule has 7 nitrogen and oxygen atoms in total. The van der Waals surface area contributed by atoms with Crippen LogP contribution in [0.15, 0.2) is 46.9 Å². The van der Waals surface area contributed by atoms with Gasteiger partial charge in [0.2, 0.25) is 5.91 Å². The lowest BCUT2D eigenvalue weighted by Gasteiger charge is -2.30. The quantitative estimate of drug-likeness (QED) is 0.581. The molecular formula is C24H24N2O5. The zero-order valence-corrected chi connectivity index (χ0v) is 17.2. The van der Waals surface area contributed by atoms with Crippen LogP contribution in [0.3, 0.4) is 0 Å². The predicted octanol–water partition coefficient (Wildman–Crippen LogP) is 3.97. The largest absolute Gasteiger partial charge is 0.486 e. The van der Waals surface area contributed by atoms with E-state index >= 15 is 0 Å². The molecule has 1 amide bonds. The lowest BCUT2D eigenvalue weighted by Crippen LogP contribution is -2.38. The zero-order valence-electron chi connectivity index (χ0n) is 17.2. The van der Waals surface area contributed by atoms with Crippen LogP contribution in [0.4, 0.5) is 0 Å². The Morgan fingerprint density at radius 1 is 0.968 bits per heavy atom. The first-order chi connectivity index (χ1) is 15.2. The van der Waals surface area contributed by atoms with E-state index in [1.807, 2.05) is 29.2 Å². The number of piperidine rings is 1. The van der Waals surface area contributed by atoms with E-state index in [0.29, 0.717) is 43.4 Å². The molecule has 5 rings (SSSR count). The molecule has 2 aliphatic heterocycles. The first kappa shape index (κ1) is 19.6. The fraction of sp³-hybridized carbons (Fsp3) is 0.375. The molecule has 2 aromatic carbocycles. The van der Waals surface area contributed by atoms with Gasteiger partial charge in [-0.15, -0.1) is 0 Å². The van der Waals surface area contributed by atoms with Gasteiger partial charge in [-0.2, -0.15) is 0 Å². The number of amides is 1. The normalized spacial score (nSPS) is 16.5. The molecule has 0 bridgehead atoms. The summed E-state index contributed by atoms with van der Waals surface area (Å²) in [5.41, 5.74) is 2.22. The highest BCUT2D eigenvalue weighted by molar-refractivity contribution is 5.98. The Bertz CT molecular complexity index is 1080. The molecule has 0 radical (unpaired) electrons. The summed E-state index contributed by atoms with van der Waals surface area (Å²) in [5, 5.41) is 0. The van der Waals surface area contributed by atoms with E-state index in [9.17, 15) is 9.59 Å². The van der Waals surface area contributed by atoms with Crippen molar-refractivity contribution >= 4 is 22.8 Å². The molecule has 1 saturated heterocycles. The first-order valence-electron chi connectivity index (χ1n) is 10.7. The van der Waals surface area contributed by atoms with Gasteiger partial charge in [0.05, 0.1) is 0 Å². The highest BCUT2D eigenvalue weighted by Crippen LogP contribution is 2.32. The number of Topliss-reactive ketones (excluding diaryl/α,β-unsaturated/α-hetero) is 1. The number of fused-ring (bicyclic) bond motifs is 2. The van der Waals surface area contributed by atoms with Crippen molar-refractivity contribution in [3.8, 4) is 11.5 Å². The molecule has 2 aliphatic rings. The van der Waals surface area contributed by atoms with Crippen LogP contribution >= 0.6 is 0 Å². The molecule has 0 atom stereocenters. The van der Waals surface area contributed by atoms with Crippen LogP contribution in [0.2, 0.25) is 0 Å². The average Bonchev–Trinajstić information content (AvgIpc) is 3.26. The number of benzene rings is 2. The van der Waals surface area contributed by atoms with Crippen LogP contribution in [0.1, 0.15) is 47.8 Å². The highest BCUT2D eigenvalue weighted by atomic mass is 16.6. The molecule has 0 unspecified atom stereocenters. The zero-order chi connectivity index (χ0) is 21.2. The van der Waals surface area contributed by atoms with E-state index in [0.717, 1.165) is 29.8 Å². The van der Waals surface area contributed by atoms with E-state index in [2.05, 4.69) is 4.98 Å². The van der Waals surface area contributed by atoms with Gasteiger partial charge in [-0.1, -0.05) is 12.1 Å². The lowest BCUT2D eigenvalue weighted by atomic mass is 9.96. The van der Waals surface area contributed by atoms with Crippen LogP contribution in [0.25, 0.3) is 11.1 Å². The van der Waals surface area contributed by atoms with E-state index in [1.54, 1.807) is 18.2 Å². The summed E-state index contributed by atoms with van der Waals surface area (Å²) in [6.07, 6.45) is 2.02. The number of nitrogens with zero attached hydrogens (tertiary/aromatic N) is 2. The number of likely N-dealkylation sites (tertiary alicyclic amines) is 1. The molecule has 1 fully saturated rings. The monoisotopic (exact) mass is 420 g/mol. The number of aromatic nitrogens is 1.